The van der Waals surface area contributed by atoms with Crippen LogP contribution in [-0.2, 0) is 24.2 Å². The number of carbonyl (C=O) groups excluding carboxylic acids is 4. The van der Waals surface area contributed by atoms with Crippen LogP contribution in [0.25, 0.3) is 0 Å². The summed E-state index contributed by atoms with van der Waals surface area (Å²) >= 11 is 0. The Labute approximate surface area is 180 Å². The number of imide groups is 1. The molecule has 0 aromatic heterocycles. The minimum Gasteiger partial charge on any atom is -0.452 e. The van der Waals surface area contributed by atoms with Crippen LogP contribution < -0.4 is 10.7 Å². The number of carbonyl (C=O) groups is 4. The van der Waals surface area contributed by atoms with Gasteiger partial charge in [0.25, 0.3) is 11.8 Å². The Morgan fingerprint density at radius 2 is 1.90 bits per heavy atom. The molecule has 4 amide bonds. The number of hydrogen-bond donors (Lipinski definition) is 2. The Morgan fingerprint density at radius 1 is 1.26 bits per heavy atom. The fraction of sp³-hybridized carbons (Fsp3) is 0.500. The number of aryl methyl sites for hydroxylation is 1. The number of rotatable bonds is 5. The molecule has 10 nitrogen and oxygen atoms in total. The molecule has 0 unspecified atom stereocenters. The number of esters is 1. The maximum atomic E-state index is 12.7. The van der Waals surface area contributed by atoms with E-state index in [1.165, 1.54) is 18.2 Å². The molecule has 1 heterocycles. The van der Waals surface area contributed by atoms with E-state index in [1.54, 1.807) is 6.92 Å². The smallest absolute Gasteiger partial charge is 0.344 e. The third kappa shape index (κ3) is 4.71. The number of nitrogens with zero attached hydrogens (tertiary/aromatic N) is 1. The first-order valence-electron chi connectivity index (χ1n) is 9.87. The quantitative estimate of drug-likeness (QED) is 0.504. The Kier molecular flexibility index (Phi) is 6.08. The van der Waals surface area contributed by atoms with Crippen molar-refractivity contribution in [1.82, 2.24) is 15.8 Å². The predicted molar refractivity (Wildman–Crippen MR) is 108 cm³/mol. The SMILES string of the molecule is Cc1ccc(S(C)(=O)=O)cc1C(=O)OCC(=O)NN1C(=O)NC2(CCC(C)CC2)C1=O. The maximum absolute atomic E-state index is 12.7. The highest BCUT2D eigenvalue weighted by Gasteiger charge is 2.52. The molecule has 1 spiro atoms. The highest BCUT2D eigenvalue weighted by molar-refractivity contribution is 7.90. The number of nitrogens with one attached hydrogen (secondary N) is 2. The van der Waals surface area contributed by atoms with Gasteiger partial charge in [-0.1, -0.05) is 13.0 Å². The van der Waals surface area contributed by atoms with Crippen LogP contribution >= 0.6 is 0 Å². The molecule has 2 fully saturated rings. The summed E-state index contributed by atoms with van der Waals surface area (Å²) in [4.78, 5) is 49.4. The normalized spacial score (nSPS) is 23.6. The Balaban J connectivity index is 1.61. The van der Waals surface area contributed by atoms with Crippen molar-refractivity contribution < 1.29 is 32.3 Å². The summed E-state index contributed by atoms with van der Waals surface area (Å²) in [5, 5.41) is 3.30. The van der Waals surface area contributed by atoms with E-state index >= 15 is 0 Å². The van der Waals surface area contributed by atoms with Gasteiger partial charge in [-0.05, 0) is 56.2 Å². The summed E-state index contributed by atoms with van der Waals surface area (Å²) in [6.45, 7) is 2.93. The molecule has 168 valence electrons. The second kappa shape index (κ2) is 8.29. The summed E-state index contributed by atoms with van der Waals surface area (Å²) in [6.07, 6.45) is 3.58. The number of ether oxygens (including phenoxy) is 1. The van der Waals surface area contributed by atoms with Crippen LogP contribution in [0, 0.1) is 12.8 Å². The van der Waals surface area contributed by atoms with Gasteiger partial charge in [-0.25, -0.2) is 18.0 Å². The number of sulfone groups is 1. The largest absolute Gasteiger partial charge is 0.452 e. The average Bonchev–Trinajstić information content (AvgIpc) is 2.92. The Morgan fingerprint density at radius 3 is 2.52 bits per heavy atom. The van der Waals surface area contributed by atoms with Crippen molar-refractivity contribution in [2.24, 2.45) is 5.92 Å². The van der Waals surface area contributed by atoms with E-state index < -0.39 is 45.8 Å². The molecule has 1 aromatic carbocycles. The van der Waals surface area contributed by atoms with Gasteiger partial charge in [-0.15, -0.1) is 0 Å². The molecule has 0 radical (unpaired) electrons. The zero-order chi connectivity index (χ0) is 23.0. The average molecular weight is 452 g/mol. The van der Waals surface area contributed by atoms with E-state index in [4.69, 9.17) is 4.74 Å². The number of benzene rings is 1. The molecule has 1 saturated carbocycles. The molecule has 31 heavy (non-hydrogen) atoms. The molecule has 0 atom stereocenters. The van der Waals surface area contributed by atoms with Crippen LogP contribution in [0.1, 0.15) is 48.5 Å². The van der Waals surface area contributed by atoms with E-state index in [2.05, 4.69) is 17.7 Å². The van der Waals surface area contributed by atoms with Crippen LogP contribution in [0.15, 0.2) is 23.1 Å². The summed E-state index contributed by atoms with van der Waals surface area (Å²) < 4.78 is 28.3. The van der Waals surface area contributed by atoms with Crippen molar-refractivity contribution in [1.29, 1.82) is 0 Å². The van der Waals surface area contributed by atoms with Crippen LogP contribution in [0.3, 0.4) is 0 Å². The lowest BCUT2D eigenvalue weighted by Crippen LogP contribution is -2.52. The molecule has 1 aromatic rings. The van der Waals surface area contributed by atoms with Gasteiger partial charge in [0.2, 0.25) is 0 Å². The van der Waals surface area contributed by atoms with Gasteiger partial charge in [0.1, 0.15) is 5.54 Å². The second-order valence-corrected chi connectivity index (χ2v) is 10.2. The second-order valence-electron chi connectivity index (χ2n) is 8.20. The first-order chi connectivity index (χ1) is 14.4. The van der Waals surface area contributed by atoms with Crippen molar-refractivity contribution in [2.75, 3.05) is 12.9 Å². The van der Waals surface area contributed by atoms with Crippen molar-refractivity contribution in [2.45, 2.75) is 50.0 Å². The van der Waals surface area contributed by atoms with Gasteiger partial charge in [0.05, 0.1) is 10.5 Å². The fourth-order valence-electron chi connectivity index (χ4n) is 3.73. The predicted octanol–water partition coefficient (Wildman–Crippen LogP) is 1.09. The zero-order valence-electron chi connectivity index (χ0n) is 17.6. The lowest BCUT2D eigenvalue weighted by atomic mass is 9.77. The molecule has 0 bridgehead atoms. The Hall–Kier alpha value is -2.95. The van der Waals surface area contributed by atoms with Gasteiger partial charge in [-0.3, -0.25) is 15.0 Å². The summed E-state index contributed by atoms with van der Waals surface area (Å²) in [7, 11) is -3.53. The maximum Gasteiger partial charge on any atom is 0.344 e. The molecule has 1 aliphatic carbocycles. The van der Waals surface area contributed by atoms with Crippen LogP contribution in [0.5, 0.6) is 0 Å². The van der Waals surface area contributed by atoms with E-state index in [1.807, 2.05) is 0 Å². The Bertz CT molecular complexity index is 1040. The fourth-order valence-corrected chi connectivity index (χ4v) is 4.38. The monoisotopic (exact) mass is 451 g/mol. The van der Waals surface area contributed by atoms with E-state index in [0.29, 0.717) is 29.3 Å². The molecule has 2 aliphatic rings. The molecule has 11 heteroatoms. The summed E-state index contributed by atoms with van der Waals surface area (Å²) in [6, 6.07) is 3.28. The number of hydrogen-bond acceptors (Lipinski definition) is 7. The zero-order valence-corrected chi connectivity index (χ0v) is 18.4. The molecule has 1 saturated heterocycles. The standard InChI is InChI=1S/C20H25N3O7S/c1-12-6-8-20(9-7-12)18(26)23(19(27)21-20)22-16(24)11-30-17(25)15-10-14(31(3,28)29)5-4-13(15)2/h4-5,10,12H,6-9,11H2,1-3H3,(H,21,27)(H,22,24). The van der Waals surface area contributed by atoms with Gasteiger partial charge >= 0.3 is 12.0 Å². The van der Waals surface area contributed by atoms with Gasteiger partial charge in [0.15, 0.2) is 16.4 Å². The summed E-state index contributed by atoms with van der Waals surface area (Å²) in [5.74, 6) is -1.83. The molecule has 1 aliphatic heterocycles. The van der Waals surface area contributed by atoms with Crippen LogP contribution in [-0.4, -0.2) is 55.6 Å². The first kappa shape index (κ1) is 22.7. The van der Waals surface area contributed by atoms with E-state index in [-0.39, 0.29) is 10.5 Å². The molecular formula is C20H25N3O7S. The number of amides is 4. The number of urea groups is 1. The highest BCUT2D eigenvalue weighted by Crippen LogP contribution is 2.35. The van der Waals surface area contributed by atoms with E-state index in [9.17, 15) is 27.6 Å². The summed E-state index contributed by atoms with van der Waals surface area (Å²) in [5.41, 5.74) is 1.65. The third-order valence-electron chi connectivity index (χ3n) is 5.72. The first-order valence-corrected chi connectivity index (χ1v) is 11.8. The van der Waals surface area contributed by atoms with Crippen molar-refractivity contribution in [3.8, 4) is 0 Å². The minimum atomic E-state index is -3.53. The lowest BCUT2D eigenvalue weighted by molar-refractivity contribution is -0.141. The van der Waals surface area contributed by atoms with Crippen LogP contribution in [0.4, 0.5) is 4.79 Å². The van der Waals surface area contributed by atoms with Crippen molar-refractivity contribution in [3.05, 3.63) is 29.3 Å². The molecule has 2 N–H and O–H groups in total. The van der Waals surface area contributed by atoms with Crippen LogP contribution in [0.2, 0.25) is 0 Å². The lowest BCUT2D eigenvalue weighted by Gasteiger charge is -2.33. The number of hydrazine groups is 1. The molecule has 3 rings (SSSR count). The van der Waals surface area contributed by atoms with E-state index in [0.717, 1.165) is 19.1 Å². The third-order valence-corrected chi connectivity index (χ3v) is 6.83. The highest BCUT2D eigenvalue weighted by atomic mass is 32.2. The minimum absolute atomic E-state index is 0.000922. The van der Waals surface area contributed by atoms with Crippen molar-refractivity contribution >= 4 is 33.7 Å². The topological polar surface area (TPSA) is 139 Å². The van der Waals surface area contributed by atoms with Gasteiger partial charge in [0, 0.05) is 6.26 Å². The van der Waals surface area contributed by atoms with Gasteiger partial charge < -0.3 is 10.1 Å². The molecular weight excluding hydrogens is 426 g/mol. The van der Waals surface area contributed by atoms with Crippen molar-refractivity contribution in [3.63, 3.8) is 0 Å². The van der Waals surface area contributed by atoms with Gasteiger partial charge in [-0.2, -0.15) is 5.01 Å².